The number of hydrogen-bond donors (Lipinski definition) is 2. The minimum atomic E-state index is -0.925. The Morgan fingerprint density at radius 2 is 1.89 bits per heavy atom. The van der Waals surface area contributed by atoms with Crippen LogP contribution in [0.3, 0.4) is 0 Å². The first kappa shape index (κ1) is 20.2. The van der Waals surface area contributed by atoms with Crippen LogP contribution in [-0.4, -0.2) is 23.0 Å². The lowest BCUT2D eigenvalue weighted by Crippen LogP contribution is -2.37. The molecule has 2 aromatic carbocycles. The molecule has 0 spiro atoms. The van der Waals surface area contributed by atoms with Crippen LogP contribution in [0.1, 0.15) is 31.0 Å². The summed E-state index contributed by atoms with van der Waals surface area (Å²) in [5.74, 6) is -0.865. The fraction of sp³-hybridized carbons (Fsp3) is 0.238. The molecule has 2 N–H and O–H groups in total. The van der Waals surface area contributed by atoms with Crippen molar-refractivity contribution in [2.24, 2.45) is 0 Å². The first-order valence-corrected chi connectivity index (χ1v) is 9.60. The van der Waals surface area contributed by atoms with Gasteiger partial charge in [-0.3, -0.25) is 9.59 Å². The first-order chi connectivity index (χ1) is 13.3. The zero-order chi connectivity index (χ0) is 20.3. The summed E-state index contributed by atoms with van der Waals surface area (Å²) >= 11 is 12.1. The van der Waals surface area contributed by atoms with Gasteiger partial charge in [0, 0.05) is 27.1 Å². The van der Waals surface area contributed by atoms with Crippen LogP contribution in [-0.2, 0) is 20.7 Å². The van der Waals surface area contributed by atoms with E-state index in [2.05, 4.69) is 10.3 Å². The second-order valence-electron chi connectivity index (χ2n) is 6.56. The van der Waals surface area contributed by atoms with E-state index >= 15 is 0 Å². The lowest BCUT2D eigenvalue weighted by atomic mass is 10.1. The highest BCUT2D eigenvalue weighted by Crippen LogP contribution is 2.26. The molecule has 28 heavy (non-hydrogen) atoms. The predicted molar refractivity (Wildman–Crippen MR) is 111 cm³/mol. The Bertz CT molecular complexity index is 1020. The van der Waals surface area contributed by atoms with Gasteiger partial charge in [0.25, 0.3) is 5.91 Å². The van der Waals surface area contributed by atoms with Crippen molar-refractivity contribution < 1.29 is 14.3 Å². The molecule has 0 aliphatic rings. The molecule has 0 radical (unpaired) electrons. The van der Waals surface area contributed by atoms with Gasteiger partial charge in [0.2, 0.25) is 0 Å². The molecule has 2 atom stereocenters. The first-order valence-electron chi connectivity index (χ1n) is 8.85. The number of esters is 1. The van der Waals surface area contributed by atoms with E-state index in [9.17, 15) is 9.59 Å². The summed E-state index contributed by atoms with van der Waals surface area (Å²) in [7, 11) is 0. The number of aromatic amines is 1. The molecule has 5 nitrogen and oxygen atoms in total. The number of aromatic nitrogens is 1. The van der Waals surface area contributed by atoms with Crippen molar-refractivity contribution in [2.75, 3.05) is 0 Å². The summed E-state index contributed by atoms with van der Waals surface area (Å²) in [5.41, 5.74) is 2.51. The number of amides is 1. The number of benzene rings is 2. The molecule has 0 fully saturated rings. The molecule has 3 rings (SSSR count). The number of fused-ring (bicyclic) bond motifs is 1. The summed E-state index contributed by atoms with van der Waals surface area (Å²) in [6, 6.07) is 12.4. The molecular formula is C21H20Cl2N2O3. The van der Waals surface area contributed by atoms with E-state index in [1.807, 2.05) is 24.3 Å². The lowest BCUT2D eigenvalue weighted by molar-refractivity contribution is -0.154. The minimum absolute atomic E-state index is 0.0835. The van der Waals surface area contributed by atoms with Gasteiger partial charge in [0.1, 0.15) is 0 Å². The van der Waals surface area contributed by atoms with Crippen molar-refractivity contribution in [2.45, 2.75) is 32.4 Å². The molecule has 146 valence electrons. The normalized spacial score (nSPS) is 13.1. The maximum atomic E-state index is 12.4. The van der Waals surface area contributed by atoms with Gasteiger partial charge >= 0.3 is 5.97 Å². The topological polar surface area (TPSA) is 71.2 Å². The largest absolute Gasteiger partial charge is 0.452 e. The van der Waals surface area contributed by atoms with Crippen molar-refractivity contribution in [3.63, 3.8) is 0 Å². The van der Waals surface area contributed by atoms with Crippen molar-refractivity contribution in [3.8, 4) is 0 Å². The minimum Gasteiger partial charge on any atom is -0.452 e. The monoisotopic (exact) mass is 418 g/mol. The van der Waals surface area contributed by atoms with Gasteiger partial charge in [0.15, 0.2) is 6.10 Å². The van der Waals surface area contributed by atoms with Crippen LogP contribution in [0.4, 0.5) is 0 Å². The van der Waals surface area contributed by atoms with Gasteiger partial charge in [-0.1, -0.05) is 47.5 Å². The van der Waals surface area contributed by atoms with Crippen LogP contribution in [0.25, 0.3) is 10.9 Å². The third-order valence-electron chi connectivity index (χ3n) is 4.47. The molecule has 0 aliphatic carbocycles. The average molecular weight is 419 g/mol. The number of nitrogens with one attached hydrogen (secondary N) is 2. The number of carbonyl (C=O) groups excluding carboxylic acids is 2. The van der Waals surface area contributed by atoms with E-state index in [4.69, 9.17) is 27.9 Å². The summed E-state index contributed by atoms with van der Waals surface area (Å²) < 4.78 is 5.30. The van der Waals surface area contributed by atoms with Crippen molar-refractivity contribution in [1.29, 1.82) is 0 Å². The zero-order valence-electron chi connectivity index (χ0n) is 15.5. The van der Waals surface area contributed by atoms with Gasteiger partial charge in [-0.05, 0) is 43.2 Å². The van der Waals surface area contributed by atoms with Gasteiger partial charge < -0.3 is 15.0 Å². The highest BCUT2D eigenvalue weighted by Gasteiger charge is 2.21. The molecule has 0 unspecified atom stereocenters. The predicted octanol–water partition coefficient (Wildman–Crippen LogP) is 4.83. The Morgan fingerprint density at radius 3 is 2.64 bits per heavy atom. The van der Waals surface area contributed by atoms with E-state index in [0.29, 0.717) is 10.0 Å². The molecule has 1 aromatic heterocycles. The van der Waals surface area contributed by atoms with Crippen molar-refractivity contribution in [1.82, 2.24) is 10.3 Å². The van der Waals surface area contributed by atoms with Crippen molar-refractivity contribution in [3.05, 3.63) is 69.8 Å². The maximum Gasteiger partial charge on any atom is 0.311 e. The van der Waals surface area contributed by atoms with E-state index in [1.165, 1.54) is 0 Å². The molecule has 1 heterocycles. The van der Waals surface area contributed by atoms with Gasteiger partial charge in [-0.2, -0.15) is 0 Å². The molecule has 0 saturated heterocycles. The molecule has 3 aromatic rings. The third kappa shape index (κ3) is 4.66. The standard InChI is InChI=1S/C21H20Cl2N2O3/c1-12(16-8-7-15(22)10-18(16)23)25-21(27)13(2)28-20(26)9-14-11-24-19-6-4-3-5-17(14)19/h3-8,10-13,24H,9H2,1-2H3,(H,25,27)/t12-,13+/m1/s1. The molecule has 0 aliphatic heterocycles. The van der Waals surface area contributed by atoms with Crippen LogP contribution < -0.4 is 5.32 Å². The van der Waals surface area contributed by atoms with Gasteiger partial charge in [-0.25, -0.2) is 0 Å². The van der Waals surface area contributed by atoms with Crippen LogP contribution in [0, 0.1) is 0 Å². The average Bonchev–Trinajstić information content (AvgIpc) is 3.04. The smallest absolute Gasteiger partial charge is 0.311 e. The van der Waals surface area contributed by atoms with Crippen LogP contribution in [0.2, 0.25) is 10.0 Å². The fourth-order valence-electron chi connectivity index (χ4n) is 2.99. The van der Waals surface area contributed by atoms with E-state index in [0.717, 1.165) is 22.0 Å². The Hall–Kier alpha value is -2.50. The second-order valence-corrected chi connectivity index (χ2v) is 7.41. The molecule has 0 bridgehead atoms. The van der Waals surface area contributed by atoms with E-state index < -0.39 is 18.0 Å². The Labute approximate surface area is 173 Å². The van der Waals surface area contributed by atoms with Crippen LogP contribution in [0.15, 0.2) is 48.7 Å². The maximum absolute atomic E-state index is 12.4. The van der Waals surface area contributed by atoms with Gasteiger partial charge in [-0.15, -0.1) is 0 Å². The van der Waals surface area contributed by atoms with Gasteiger partial charge in [0.05, 0.1) is 12.5 Å². The van der Waals surface area contributed by atoms with E-state index in [1.54, 1.807) is 38.2 Å². The number of carbonyl (C=O) groups is 2. The number of ether oxygens (including phenoxy) is 1. The summed E-state index contributed by atoms with van der Waals surface area (Å²) in [4.78, 5) is 27.8. The number of hydrogen-bond acceptors (Lipinski definition) is 3. The molecular weight excluding hydrogens is 399 g/mol. The molecule has 1 amide bonds. The number of para-hydroxylation sites is 1. The Balaban J connectivity index is 1.58. The molecule has 0 saturated carbocycles. The SMILES string of the molecule is C[C@H](OC(=O)Cc1c[nH]c2ccccc12)C(=O)N[C@H](C)c1ccc(Cl)cc1Cl. The second kappa shape index (κ2) is 8.67. The quantitative estimate of drug-likeness (QED) is 0.563. The highest BCUT2D eigenvalue weighted by molar-refractivity contribution is 6.35. The molecule has 7 heteroatoms. The number of H-pyrrole nitrogens is 1. The van der Waals surface area contributed by atoms with Crippen LogP contribution >= 0.6 is 23.2 Å². The Morgan fingerprint density at radius 1 is 1.14 bits per heavy atom. The Kier molecular flexibility index (Phi) is 6.27. The fourth-order valence-corrected chi connectivity index (χ4v) is 3.56. The van der Waals surface area contributed by atoms with Crippen LogP contribution in [0.5, 0.6) is 0 Å². The number of halogens is 2. The number of rotatable bonds is 6. The summed E-state index contributed by atoms with van der Waals surface area (Å²) in [6.45, 7) is 3.34. The zero-order valence-corrected chi connectivity index (χ0v) is 17.0. The van der Waals surface area contributed by atoms with E-state index in [-0.39, 0.29) is 12.5 Å². The van der Waals surface area contributed by atoms with Crippen molar-refractivity contribution >= 4 is 46.0 Å². The summed E-state index contributed by atoms with van der Waals surface area (Å²) in [5, 5.41) is 4.74. The third-order valence-corrected chi connectivity index (χ3v) is 5.04. The lowest BCUT2D eigenvalue weighted by Gasteiger charge is -2.19. The highest BCUT2D eigenvalue weighted by atomic mass is 35.5. The summed E-state index contributed by atoms with van der Waals surface area (Å²) in [6.07, 6.45) is 0.938.